The molecule has 0 radical (unpaired) electrons. The molecule has 1 aliphatic rings. The fraction of sp³-hybridized carbons (Fsp3) is 0.417. The summed E-state index contributed by atoms with van der Waals surface area (Å²) in [4.78, 5) is 27.4. The number of carbonyl (C=O) groups is 2. The normalized spacial score (nSPS) is 22.6. The largest absolute Gasteiger partial charge is 0.481 e. The molecule has 0 aliphatic carbocycles. The van der Waals surface area contributed by atoms with Crippen molar-refractivity contribution >= 4 is 11.9 Å². The van der Waals surface area contributed by atoms with Crippen LogP contribution in [0.15, 0.2) is 12.3 Å². The van der Waals surface area contributed by atoms with Crippen LogP contribution in [0.2, 0.25) is 0 Å². The van der Waals surface area contributed by atoms with E-state index in [1.807, 2.05) is 0 Å². The average Bonchev–Trinajstić information content (AvgIpc) is 2.76. The van der Waals surface area contributed by atoms with Gasteiger partial charge >= 0.3 is 5.97 Å². The molecule has 1 fully saturated rings. The van der Waals surface area contributed by atoms with Gasteiger partial charge in [-0.15, -0.1) is 0 Å². The molecule has 1 aromatic heterocycles. The monoisotopic (exact) mass is 270 g/mol. The molecule has 1 amide bonds. The fourth-order valence-electron chi connectivity index (χ4n) is 2.06. The van der Waals surface area contributed by atoms with Gasteiger partial charge in [-0.25, -0.2) is 9.37 Å². The molecule has 7 heteroatoms. The minimum Gasteiger partial charge on any atom is -0.481 e. The zero-order chi connectivity index (χ0) is 14.2. The number of carboxylic acids is 1. The zero-order valence-electron chi connectivity index (χ0n) is 10.2. The van der Waals surface area contributed by atoms with Gasteiger partial charge in [-0.05, 0) is 19.4 Å². The van der Waals surface area contributed by atoms with Crippen LogP contribution in [0.25, 0.3) is 0 Å². The van der Waals surface area contributed by atoms with E-state index in [0.29, 0.717) is 0 Å². The van der Waals surface area contributed by atoms with Crippen molar-refractivity contribution in [2.45, 2.75) is 13.3 Å². The number of hydrogen-bond acceptors (Lipinski definition) is 3. The summed E-state index contributed by atoms with van der Waals surface area (Å²) in [5.74, 6) is -4.38. The van der Waals surface area contributed by atoms with Gasteiger partial charge in [-0.2, -0.15) is 4.39 Å². The van der Waals surface area contributed by atoms with Gasteiger partial charge in [0.2, 0.25) is 5.95 Å². The van der Waals surface area contributed by atoms with Gasteiger partial charge < -0.3 is 10.0 Å². The van der Waals surface area contributed by atoms with Crippen LogP contribution in [0.5, 0.6) is 0 Å². The molecule has 1 aliphatic heterocycles. The van der Waals surface area contributed by atoms with Gasteiger partial charge in [0.15, 0.2) is 5.82 Å². The molecular weight excluding hydrogens is 258 g/mol. The Kier molecular flexibility index (Phi) is 3.21. The van der Waals surface area contributed by atoms with E-state index in [2.05, 4.69) is 4.98 Å². The zero-order valence-corrected chi connectivity index (χ0v) is 10.2. The molecule has 0 bridgehead atoms. The predicted octanol–water partition coefficient (Wildman–Crippen LogP) is 1.30. The summed E-state index contributed by atoms with van der Waals surface area (Å²) in [5, 5.41) is 9.06. The number of hydrogen-bond donors (Lipinski definition) is 1. The second-order valence-corrected chi connectivity index (χ2v) is 4.81. The highest BCUT2D eigenvalue weighted by molar-refractivity contribution is 5.95. The lowest BCUT2D eigenvalue weighted by Gasteiger charge is -2.20. The molecule has 102 valence electrons. The van der Waals surface area contributed by atoms with Gasteiger partial charge in [-0.3, -0.25) is 9.59 Å². The van der Waals surface area contributed by atoms with Crippen LogP contribution in [-0.2, 0) is 4.79 Å². The fourth-order valence-corrected chi connectivity index (χ4v) is 2.06. The maximum atomic E-state index is 13.5. The second kappa shape index (κ2) is 4.56. The molecular formula is C12H12F2N2O3. The second-order valence-electron chi connectivity index (χ2n) is 4.81. The van der Waals surface area contributed by atoms with Crippen LogP contribution in [-0.4, -0.2) is 40.0 Å². The van der Waals surface area contributed by atoms with E-state index in [4.69, 9.17) is 5.11 Å². The first-order valence-corrected chi connectivity index (χ1v) is 5.68. The molecule has 1 unspecified atom stereocenters. The summed E-state index contributed by atoms with van der Waals surface area (Å²) >= 11 is 0. The Morgan fingerprint density at radius 2 is 2.16 bits per heavy atom. The maximum Gasteiger partial charge on any atom is 0.311 e. The molecule has 0 spiro atoms. The minimum absolute atomic E-state index is 0.0233. The third-order valence-electron chi connectivity index (χ3n) is 3.35. The van der Waals surface area contributed by atoms with Crippen LogP contribution < -0.4 is 0 Å². The highest BCUT2D eigenvalue weighted by Crippen LogP contribution is 2.31. The van der Waals surface area contributed by atoms with E-state index in [0.717, 1.165) is 12.3 Å². The number of aromatic nitrogens is 1. The average molecular weight is 270 g/mol. The first kappa shape index (κ1) is 13.4. The van der Waals surface area contributed by atoms with E-state index < -0.39 is 34.6 Å². The number of halogens is 2. The Morgan fingerprint density at radius 3 is 2.74 bits per heavy atom. The van der Waals surface area contributed by atoms with Crippen molar-refractivity contribution in [1.82, 2.24) is 9.88 Å². The smallest absolute Gasteiger partial charge is 0.311 e. The van der Waals surface area contributed by atoms with Crippen molar-refractivity contribution in [2.24, 2.45) is 5.41 Å². The highest BCUT2D eigenvalue weighted by Gasteiger charge is 2.42. The van der Waals surface area contributed by atoms with Gasteiger partial charge in [0.05, 0.1) is 11.0 Å². The van der Waals surface area contributed by atoms with Crippen molar-refractivity contribution in [3.05, 3.63) is 29.6 Å². The minimum atomic E-state index is -1.34. The summed E-state index contributed by atoms with van der Waals surface area (Å²) in [6.45, 7) is 1.70. The van der Waals surface area contributed by atoms with Crippen LogP contribution in [0.4, 0.5) is 8.78 Å². The third kappa shape index (κ3) is 2.27. The summed E-state index contributed by atoms with van der Waals surface area (Å²) in [6.07, 6.45) is 1.28. The molecule has 19 heavy (non-hydrogen) atoms. The van der Waals surface area contributed by atoms with Crippen LogP contribution in [0.1, 0.15) is 23.7 Å². The predicted molar refractivity (Wildman–Crippen MR) is 60.4 cm³/mol. The molecule has 2 rings (SSSR count). The van der Waals surface area contributed by atoms with E-state index in [1.165, 1.54) is 11.8 Å². The molecule has 5 nitrogen and oxygen atoms in total. The number of carbonyl (C=O) groups excluding carboxylic acids is 1. The lowest BCUT2D eigenvalue weighted by atomic mass is 9.90. The summed E-state index contributed by atoms with van der Waals surface area (Å²) in [5.41, 5.74) is -1.47. The van der Waals surface area contributed by atoms with Crippen molar-refractivity contribution in [3.8, 4) is 0 Å². The molecule has 1 atom stereocenters. The van der Waals surface area contributed by atoms with Gasteiger partial charge in [-0.1, -0.05) is 0 Å². The Hall–Kier alpha value is -2.05. The molecule has 2 heterocycles. The van der Waals surface area contributed by atoms with Gasteiger partial charge in [0, 0.05) is 19.3 Å². The van der Waals surface area contributed by atoms with E-state index >= 15 is 0 Å². The lowest BCUT2D eigenvalue weighted by molar-refractivity contribution is -0.147. The lowest BCUT2D eigenvalue weighted by Crippen LogP contribution is -2.35. The van der Waals surface area contributed by atoms with E-state index in [9.17, 15) is 18.4 Å². The first-order chi connectivity index (χ1) is 8.85. The van der Waals surface area contributed by atoms with Crippen molar-refractivity contribution in [1.29, 1.82) is 0 Å². The quantitative estimate of drug-likeness (QED) is 0.822. The van der Waals surface area contributed by atoms with Crippen LogP contribution in [0, 0.1) is 17.2 Å². The number of likely N-dealkylation sites (tertiary alicyclic amines) is 1. The van der Waals surface area contributed by atoms with Crippen LogP contribution >= 0.6 is 0 Å². The summed E-state index contributed by atoms with van der Waals surface area (Å²) in [7, 11) is 0. The number of amides is 1. The first-order valence-electron chi connectivity index (χ1n) is 5.68. The van der Waals surface area contributed by atoms with Gasteiger partial charge in [0.1, 0.15) is 0 Å². The molecule has 1 saturated heterocycles. The van der Waals surface area contributed by atoms with E-state index in [1.54, 1.807) is 0 Å². The van der Waals surface area contributed by atoms with Crippen LogP contribution in [0.3, 0.4) is 0 Å². The molecule has 0 saturated carbocycles. The molecule has 1 aromatic rings. The number of aliphatic carboxylic acids is 1. The SMILES string of the molecule is CC1(C(=O)O)CCN(C(=O)c2ccnc(F)c2F)C1. The van der Waals surface area contributed by atoms with E-state index in [-0.39, 0.29) is 19.5 Å². The van der Waals surface area contributed by atoms with Crippen molar-refractivity contribution < 1.29 is 23.5 Å². The molecule has 0 aromatic carbocycles. The Balaban J connectivity index is 2.23. The number of rotatable bonds is 2. The highest BCUT2D eigenvalue weighted by atomic mass is 19.2. The maximum absolute atomic E-state index is 13.5. The number of carboxylic acid groups (broad SMARTS) is 1. The standard InChI is InChI=1S/C12H12F2N2O3/c1-12(11(18)19)3-5-16(6-12)10(17)7-2-4-15-9(14)8(7)13/h2,4H,3,5-6H2,1H3,(H,18,19). The third-order valence-corrected chi connectivity index (χ3v) is 3.35. The van der Waals surface area contributed by atoms with Crippen molar-refractivity contribution in [3.63, 3.8) is 0 Å². The van der Waals surface area contributed by atoms with Crippen molar-refractivity contribution in [2.75, 3.05) is 13.1 Å². The Labute approximate surface area is 107 Å². The topological polar surface area (TPSA) is 70.5 Å². The Morgan fingerprint density at radius 1 is 1.47 bits per heavy atom. The number of pyridine rings is 1. The van der Waals surface area contributed by atoms with Gasteiger partial charge in [0.25, 0.3) is 5.91 Å². The molecule has 1 N–H and O–H groups in total. The Bertz CT molecular complexity index is 550. The summed E-state index contributed by atoms with van der Waals surface area (Å²) in [6, 6.07) is 1.08. The number of nitrogens with zero attached hydrogens (tertiary/aromatic N) is 2. The summed E-state index contributed by atoms with van der Waals surface area (Å²) < 4.78 is 26.4.